The number of hydrogen-bond acceptors (Lipinski definition) is 3. The first-order valence-electron chi connectivity index (χ1n) is 5.78. The molecule has 0 aliphatic carbocycles. The van der Waals surface area contributed by atoms with E-state index in [0.29, 0.717) is 22.7 Å². The molecule has 0 unspecified atom stereocenters. The molecule has 0 saturated heterocycles. The normalized spacial score (nSPS) is 10.8. The van der Waals surface area contributed by atoms with Gasteiger partial charge in [-0.2, -0.15) is 0 Å². The molecule has 0 saturated carbocycles. The molecule has 0 amide bonds. The van der Waals surface area contributed by atoms with Crippen molar-refractivity contribution in [3.05, 3.63) is 53.0 Å². The van der Waals surface area contributed by atoms with Gasteiger partial charge >= 0.3 is 0 Å². The van der Waals surface area contributed by atoms with Gasteiger partial charge in [-0.05, 0) is 36.2 Å². The number of aromatic nitrogens is 1. The van der Waals surface area contributed by atoms with Crippen molar-refractivity contribution in [1.29, 1.82) is 0 Å². The maximum atomic E-state index is 10.8. The van der Waals surface area contributed by atoms with E-state index in [2.05, 4.69) is 4.98 Å². The number of aldehydes is 1. The molecule has 0 N–H and O–H groups in total. The zero-order chi connectivity index (χ0) is 13.4. The van der Waals surface area contributed by atoms with Crippen LogP contribution < -0.4 is 0 Å². The van der Waals surface area contributed by atoms with Crippen LogP contribution in [-0.2, 0) is 0 Å². The summed E-state index contributed by atoms with van der Waals surface area (Å²) in [6.07, 6.45) is 4.09. The van der Waals surface area contributed by atoms with Gasteiger partial charge in [-0.1, -0.05) is 17.7 Å². The molecule has 0 atom stereocenters. The molecule has 0 radical (unpaired) electrons. The Morgan fingerprint density at radius 1 is 1.21 bits per heavy atom. The Balaban J connectivity index is 2.32. The second kappa shape index (κ2) is 4.52. The van der Waals surface area contributed by atoms with Gasteiger partial charge in [0.2, 0.25) is 0 Å². The Hall–Kier alpha value is -2.13. The lowest BCUT2D eigenvalue weighted by Gasteiger charge is -2.06. The Morgan fingerprint density at radius 3 is 2.84 bits per heavy atom. The lowest BCUT2D eigenvalue weighted by molar-refractivity contribution is 0.110. The van der Waals surface area contributed by atoms with Crippen LogP contribution >= 0.6 is 11.6 Å². The summed E-state index contributed by atoms with van der Waals surface area (Å²) in [5.41, 5.74) is 3.52. The van der Waals surface area contributed by atoms with E-state index in [4.69, 9.17) is 16.0 Å². The predicted molar refractivity (Wildman–Crippen MR) is 74.6 cm³/mol. The number of rotatable bonds is 2. The maximum Gasteiger partial charge on any atom is 0.185 e. The third-order valence-corrected chi connectivity index (χ3v) is 3.28. The Bertz CT molecular complexity index is 777. The molecule has 94 valence electrons. The van der Waals surface area contributed by atoms with Gasteiger partial charge in [0.25, 0.3) is 0 Å². The van der Waals surface area contributed by atoms with E-state index in [9.17, 15) is 4.79 Å². The number of halogens is 1. The van der Waals surface area contributed by atoms with Crippen molar-refractivity contribution in [2.24, 2.45) is 0 Å². The quantitative estimate of drug-likeness (QED) is 0.654. The minimum Gasteiger partial charge on any atom is -0.453 e. The number of aryl methyl sites for hydroxylation is 1. The highest BCUT2D eigenvalue weighted by Gasteiger charge is 2.12. The fraction of sp³-hybridized carbons (Fsp3) is 0.0667. The van der Waals surface area contributed by atoms with Crippen LogP contribution in [0.1, 0.15) is 16.1 Å². The van der Waals surface area contributed by atoms with Crippen molar-refractivity contribution in [2.75, 3.05) is 0 Å². The van der Waals surface area contributed by atoms with Crippen molar-refractivity contribution >= 4 is 28.9 Å². The number of carbonyl (C=O) groups is 1. The Labute approximate surface area is 114 Å². The van der Waals surface area contributed by atoms with E-state index < -0.39 is 0 Å². The number of benzene rings is 1. The number of carbonyl (C=O) groups excluding carboxylic acids is 1. The molecule has 3 aromatic rings. The van der Waals surface area contributed by atoms with Gasteiger partial charge < -0.3 is 4.42 Å². The minimum absolute atomic E-state index is 0.295. The highest BCUT2D eigenvalue weighted by Crippen LogP contribution is 2.33. The predicted octanol–water partition coefficient (Wildman–Crippen LogP) is 4.27. The first kappa shape index (κ1) is 11.9. The monoisotopic (exact) mass is 271 g/mol. The SMILES string of the molecule is Cc1ccc(Cl)cc1-c1cncc2cc(C=O)oc12. The van der Waals surface area contributed by atoms with Gasteiger partial charge in [-0.25, -0.2) is 0 Å². The summed E-state index contributed by atoms with van der Waals surface area (Å²) >= 11 is 6.04. The summed E-state index contributed by atoms with van der Waals surface area (Å²) in [4.78, 5) is 15.0. The maximum absolute atomic E-state index is 10.8. The number of fused-ring (bicyclic) bond motifs is 1. The lowest BCUT2D eigenvalue weighted by Crippen LogP contribution is -1.85. The summed E-state index contributed by atoms with van der Waals surface area (Å²) in [7, 11) is 0. The molecule has 0 bridgehead atoms. The van der Waals surface area contributed by atoms with E-state index in [1.807, 2.05) is 25.1 Å². The van der Waals surface area contributed by atoms with E-state index in [-0.39, 0.29) is 0 Å². The molecule has 19 heavy (non-hydrogen) atoms. The summed E-state index contributed by atoms with van der Waals surface area (Å²) in [6.45, 7) is 1.99. The lowest BCUT2D eigenvalue weighted by atomic mass is 10.0. The van der Waals surface area contributed by atoms with Crippen LogP contribution in [0.25, 0.3) is 22.1 Å². The average molecular weight is 272 g/mol. The van der Waals surface area contributed by atoms with Gasteiger partial charge in [0.05, 0.1) is 0 Å². The van der Waals surface area contributed by atoms with Gasteiger partial charge in [-0.15, -0.1) is 0 Å². The molecule has 4 heteroatoms. The van der Waals surface area contributed by atoms with Crippen molar-refractivity contribution in [3.8, 4) is 11.1 Å². The van der Waals surface area contributed by atoms with Crippen molar-refractivity contribution < 1.29 is 9.21 Å². The molecule has 2 heterocycles. The molecule has 3 nitrogen and oxygen atoms in total. The van der Waals surface area contributed by atoms with Crippen molar-refractivity contribution in [2.45, 2.75) is 6.92 Å². The van der Waals surface area contributed by atoms with Crippen LogP contribution in [0.5, 0.6) is 0 Å². The first-order valence-corrected chi connectivity index (χ1v) is 6.16. The molecule has 0 fully saturated rings. The molecule has 1 aromatic carbocycles. The Morgan fingerprint density at radius 2 is 2.05 bits per heavy atom. The van der Waals surface area contributed by atoms with Crippen molar-refractivity contribution in [1.82, 2.24) is 4.98 Å². The number of nitrogens with zero attached hydrogens (tertiary/aromatic N) is 1. The van der Waals surface area contributed by atoms with Crippen LogP contribution in [0.4, 0.5) is 0 Å². The number of pyridine rings is 1. The summed E-state index contributed by atoms with van der Waals surface area (Å²) in [5, 5.41) is 1.46. The highest BCUT2D eigenvalue weighted by molar-refractivity contribution is 6.31. The fourth-order valence-corrected chi connectivity index (χ4v) is 2.29. The summed E-state index contributed by atoms with van der Waals surface area (Å²) in [5.74, 6) is 0.295. The molecular weight excluding hydrogens is 262 g/mol. The highest BCUT2D eigenvalue weighted by atomic mass is 35.5. The first-order chi connectivity index (χ1) is 9.19. The molecule has 0 spiro atoms. The van der Waals surface area contributed by atoms with Crippen LogP contribution in [-0.4, -0.2) is 11.3 Å². The second-order valence-electron chi connectivity index (χ2n) is 4.33. The number of hydrogen-bond donors (Lipinski definition) is 0. The van der Waals surface area contributed by atoms with Gasteiger partial charge in [-0.3, -0.25) is 9.78 Å². The smallest absolute Gasteiger partial charge is 0.185 e. The second-order valence-corrected chi connectivity index (χ2v) is 4.77. The van der Waals surface area contributed by atoms with Crippen LogP contribution in [0, 0.1) is 6.92 Å². The molecule has 3 rings (SSSR count). The third kappa shape index (κ3) is 2.02. The fourth-order valence-electron chi connectivity index (χ4n) is 2.12. The largest absolute Gasteiger partial charge is 0.453 e. The molecule has 2 aromatic heterocycles. The zero-order valence-corrected chi connectivity index (χ0v) is 10.9. The molecule has 0 aliphatic heterocycles. The summed E-state index contributed by atoms with van der Waals surface area (Å²) in [6, 6.07) is 7.34. The topological polar surface area (TPSA) is 43.1 Å². The van der Waals surface area contributed by atoms with Crippen molar-refractivity contribution in [3.63, 3.8) is 0 Å². The minimum atomic E-state index is 0.295. The van der Waals surface area contributed by atoms with E-state index in [1.54, 1.807) is 18.5 Å². The number of furan rings is 1. The zero-order valence-electron chi connectivity index (χ0n) is 10.2. The van der Waals surface area contributed by atoms with Gasteiger partial charge in [0.15, 0.2) is 12.0 Å². The standard InChI is InChI=1S/C15H10ClNO2/c1-9-2-3-11(16)5-13(9)14-7-17-6-10-4-12(8-18)19-15(10)14/h2-8H,1H3. The Kier molecular flexibility index (Phi) is 2.84. The third-order valence-electron chi connectivity index (χ3n) is 3.05. The van der Waals surface area contributed by atoms with Gasteiger partial charge in [0, 0.05) is 28.4 Å². The van der Waals surface area contributed by atoms with E-state index in [0.717, 1.165) is 22.1 Å². The summed E-state index contributed by atoms with van der Waals surface area (Å²) < 4.78 is 5.55. The van der Waals surface area contributed by atoms with E-state index >= 15 is 0 Å². The van der Waals surface area contributed by atoms with Crippen LogP contribution in [0.2, 0.25) is 5.02 Å². The van der Waals surface area contributed by atoms with E-state index in [1.165, 1.54) is 0 Å². The molecular formula is C15H10ClNO2. The molecule has 0 aliphatic rings. The van der Waals surface area contributed by atoms with Crippen LogP contribution in [0.3, 0.4) is 0 Å². The van der Waals surface area contributed by atoms with Crippen LogP contribution in [0.15, 0.2) is 41.1 Å². The van der Waals surface area contributed by atoms with Gasteiger partial charge in [0.1, 0.15) is 5.58 Å². The average Bonchev–Trinajstić information content (AvgIpc) is 2.84.